The van der Waals surface area contributed by atoms with Gasteiger partial charge in [0.15, 0.2) is 0 Å². The Kier molecular flexibility index (Phi) is 8.13. The number of nitriles is 1. The van der Waals surface area contributed by atoms with Gasteiger partial charge in [0.2, 0.25) is 11.8 Å². The van der Waals surface area contributed by atoms with Crippen LogP contribution >= 0.6 is 0 Å². The molecule has 3 rings (SSSR count). The van der Waals surface area contributed by atoms with Crippen molar-refractivity contribution >= 4 is 17.9 Å². The van der Waals surface area contributed by atoms with Gasteiger partial charge < -0.3 is 15.8 Å². The molecule has 1 saturated heterocycles. The molecule has 0 aliphatic carbocycles. The molecule has 1 aliphatic heterocycles. The topological polar surface area (TPSA) is 126 Å². The second kappa shape index (κ2) is 11.0. The number of nitrogens with zero attached hydrogens (tertiary/aromatic N) is 2. The van der Waals surface area contributed by atoms with Gasteiger partial charge in [-0.3, -0.25) is 14.5 Å². The van der Waals surface area contributed by atoms with Crippen LogP contribution in [-0.4, -0.2) is 41.4 Å². The SMILES string of the molecule is CC(C)(C)c1ccc(-c2ccc(COC(=O)N3CCC[C@H]3C(=O)N[C@H](C#N)CC(N)=O)cc2)cc1. The summed E-state index contributed by atoms with van der Waals surface area (Å²) in [5, 5.41) is 11.6. The fraction of sp³-hybridized carbons (Fsp3) is 0.407. The predicted molar refractivity (Wildman–Crippen MR) is 132 cm³/mol. The summed E-state index contributed by atoms with van der Waals surface area (Å²) in [7, 11) is 0. The van der Waals surface area contributed by atoms with Crippen LogP contribution in [0.1, 0.15) is 51.2 Å². The summed E-state index contributed by atoms with van der Waals surface area (Å²) >= 11 is 0. The Hall–Kier alpha value is -3.86. The second-order valence-electron chi connectivity index (χ2n) is 9.79. The highest BCUT2D eigenvalue weighted by atomic mass is 16.6. The smallest absolute Gasteiger partial charge is 0.410 e. The molecule has 1 fully saturated rings. The largest absolute Gasteiger partial charge is 0.445 e. The van der Waals surface area contributed by atoms with E-state index in [1.54, 1.807) is 0 Å². The number of primary amides is 1. The molecule has 2 atom stereocenters. The molecular formula is C27H32N4O4. The van der Waals surface area contributed by atoms with E-state index in [0.717, 1.165) is 16.7 Å². The summed E-state index contributed by atoms with van der Waals surface area (Å²) in [6.07, 6.45) is 0.227. The number of ether oxygens (including phenoxy) is 1. The zero-order chi connectivity index (χ0) is 25.6. The number of amides is 3. The van der Waals surface area contributed by atoms with Crippen molar-refractivity contribution in [3.63, 3.8) is 0 Å². The molecule has 0 spiro atoms. The van der Waals surface area contributed by atoms with Crippen LogP contribution in [0.25, 0.3) is 11.1 Å². The fourth-order valence-electron chi connectivity index (χ4n) is 4.04. The summed E-state index contributed by atoms with van der Waals surface area (Å²) in [4.78, 5) is 37.6. The number of carbonyl (C=O) groups excluding carboxylic acids is 3. The third-order valence-corrected chi connectivity index (χ3v) is 6.07. The molecule has 184 valence electrons. The zero-order valence-corrected chi connectivity index (χ0v) is 20.4. The van der Waals surface area contributed by atoms with Crippen LogP contribution in [0.2, 0.25) is 0 Å². The number of carbonyl (C=O) groups is 3. The molecule has 1 aliphatic rings. The molecule has 2 aromatic carbocycles. The third kappa shape index (κ3) is 6.82. The lowest BCUT2D eigenvalue weighted by molar-refractivity contribution is -0.125. The first-order valence-corrected chi connectivity index (χ1v) is 11.7. The molecule has 0 saturated carbocycles. The number of rotatable bonds is 7. The molecule has 0 aromatic heterocycles. The molecular weight excluding hydrogens is 444 g/mol. The van der Waals surface area contributed by atoms with Crippen molar-refractivity contribution in [2.75, 3.05) is 6.54 Å². The minimum Gasteiger partial charge on any atom is -0.445 e. The van der Waals surface area contributed by atoms with Gasteiger partial charge in [-0.25, -0.2) is 4.79 Å². The lowest BCUT2D eigenvalue weighted by atomic mass is 9.86. The van der Waals surface area contributed by atoms with Crippen molar-refractivity contribution < 1.29 is 19.1 Å². The van der Waals surface area contributed by atoms with Gasteiger partial charge >= 0.3 is 6.09 Å². The summed E-state index contributed by atoms with van der Waals surface area (Å²) in [6, 6.07) is 16.4. The number of nitrogens with two attached hydrogens (primary N) is 1. The normalized spacial score (nSPS) is 16.3. The Bertz CT molecular complexity index is 1100. The van der Waals surface area contributed by atoms with Gasteiger partial charge in [-0.15, -0.1) is 0 Å². The number of hydrogen-bond acceptors (Lipinski definition) is 5. The van der Waals surface area contributed by atoms with Gasteiger partial charge in [0.1, 0.15) is 18.7 Å². The van der Waals surface area contributed by atoms with Gasteiger partial charge in [-0.05, 0) is 40.5 Å². The Morgan fingerprint density at radius 1 is 1.11 bits per heavy atom. The maximum Gasteiger partial charge on any atom is 0.410 e. The van der Waals surface area contributed by atoms with E-state index in [2.05, 4.69) is 50.4 Å². The van der Waals surface area contributed by atoms with Gasteiger partial charge in [0, 0.05) is 6.54 Å². The standard InChI is InChI=1S/C27H32N4O4/c1-27(2,3)21-12-10-20(11-13-21)19-8-6-18(7-9-19)17-35-26(34)31-14-4-5-23(31)25(33)30-22(16-28)15-24(29)32/h6-13,22-23H,4-5,14-15,17H2,1-3H3,(H2,29,32)(H,30,33)/t22-,23-/m0/s1. The molecule has 1 heterocycles. The Morgan fingerprint density at radius 2 is 1.71 bits per heavy atom. The van der Waals surface area contributed by atoms with Crippen molar-refractivity contribution in [2.45, 2.75) is 64.1 Å². The van der Waals surface area contributed by atoms with Crippen LogP contribution < -0.4 is 11.1 Å². The molecule has 0 unspecified atom stereocenters. The minimum atomic E-state index is -1.03. The highest BCUT2D eigenvalue weighted by Crippen LogP contribution is 2.26. The average molecular weight is 477 g/mol. The van der Waals surface area contributed by atoms with Crippen molar-refractivity contribution in [3.8, 4) is 17.2 Å². The fourth-order valence-corrected chi connectivity index (χ4v) is 4.04. The van der Waals surface area contributed by atoms with E-state index >= 15 is 0 Å². The summed E-state index contributed by atoms with van der Waals surface area (Å²) in [5.41, 5.74) is 9.49. The molecule has 3 N–H and O–H groups in total. The quantitative estimate of drug-likeness (QED) is 0.631. The predicted octanol–water partition coefficient (Wildman–Crippen LogP) is 3.64. The maximum atomic E-state index is 12.7. The van der Waals surface area contributed by atoms with Crippen molar-refractivity contribution in [3.05, 3.63) is 59.7 Å². The van der Waals surface area contributed by atoms with Gasteiger partial charge in [0.05, 0.1) is 12.5 Å². The van der Waals surface area contributed by atoms with E-state index in [4.69, 9.17) is 15.7 Å². The summed E-state index contributed by atoms with van der Waals surface area (Å²) in [6.45, 7) is 7.01. The molecule has 35 heavy (non-hydrogen) atoms. The summed E-state index contributed by atoms with van der Waals surface area (Å²) < 4.78 is 5.45. The Labute approximate surface area is 206 Å². The Balaban J connectivity index is 1.56. The second-order valence-corrected chi connectivity index (χ2v) is 9.79. The molecule has 8 nitrogen and oxygen atoms in total. The van der Waals surface area contributed by atoms with E-state index < -0.39 is 30.0 Å². The van der Waals surface area contributed by atoms with E-state index in [-0.39, 0.29) is 18.4 Å². The zero-order valence-electron chi connectivity index (χ0n) is 20.4. The lowest BCUT2D eigenvalue weighted by Gasteiger charge is -2.24. The molecule has 0 radical (unpaired) electrons. The van der Waals surface area contributed by atoms with Crippen LogP contribution in [0.3, 0.4) is 0 Å². The maximum absolute atomic E-state index is 12.7. The number of nitrogens with one attached hydrogen (secondary N) is 1. The van der Waals surface area contributed by atoms with E-state index in [0.29, 0.717) is 19.4 Å². The first-order valence-electron chi connectivity index (χ1n) is 11.7. The van der Waals surface area contributed by atoms with Crippen molar-refractivity contribution in [1.82, 2.24) is 10.2 Å². The van der Waals surface area contributed by atoms with Crippen LogP contribution in [0.5, 0.6) is 0 Å². The number of likely N-dealkylation sites (tertiary alicyclic amines) is 1. The van der Waals surface area contributed by atoms with E-state index in [1.165, 1.54) is 10.5 Å². The Morgan fingerprint density at radius 3 is 2.26 bits per heavy atom. The molecule has 0 bridgehead atoms. The van der Waals surface area contributed by atoms with E-state index in [1.807, 2.05) is 30.3 Å². The monoisotopic (exact) mass is 476 g/mol. The van der Waals surface area contributed by atoms with Gasteiger partial charge in [-0.1, -0.05) is 69.3 Å². The highest BCUT2D eigenvalue weighted by Gasteiger charge is 2.36. The molecule has 3 amide bonds. The number of benzene rings is 2. The van der Waals surface area contributed by atoms with E-state index in [9.17, 15) is 14.4 Å². The number of hydrogen-bond donors (Lipinski definition) is 2. The first kappa shape index (κ1) is 25.8. The van der Waals surface area contributed by atoms with Crippen LogP contribution in [0.15, 0.2) is 48.5 Å². The van der Waals surface area contributed by atoms with Crippen LogP contribution in [0, 0.1) is 11.3 Å². The summed E-state index contributed by atoms with van der Waals surface area (Å²) in [5.74, 6) is -1.18. The lowest BCUT2D eigenvalue weighted by Crippen LogP contribution is -2.49. The molecule has 2 aromatic rings. The third-order valence-electron chi connectivity index (χ3n) is 6.07. The van der Waals surface area contributed by atoms with Crippen LogP contribution in [0.4, 0.5) is 4.79 Å². The molecule has 8 heteroatoms. The van der Waals surface area contributed by atoms with Crippen molar-refractivity contribution in [1.29, 1.82) is 5.26 Å². The minimum absolute atomic E-state index is 0.0788. The van der Waals surface area contributed by atoms with Gasteiger partial charge in [0.25, 0.3) is 0 Å². The van der Waals surface area contributed by atoms with Crippen molar-refractivity contribution in [2.24, 2.45) is 5.73 Å². The van der Waals surface area contributed by atoms with Crippen LogP contribution in [-0.2, 0) is 26.3 Å². The van der Waals surface area contributed by atoms with Gasteiger partial charge in [-0.2, -0.15) is 5.26 Å². The average Bonchev–Trinajstić information content (AvgIpc) is 3.32. The first-order chi connectivity index (χ1) is 16.6. The highest BCUT2D eigenvalue weighted by molar-refractivity contribution is 5.87.